The Morgan fingerprint density at radius 3 is 2.24 bits per heavy atom. The lowest BCUT2D eigenvalue weighted by atomic mass is 9.94. The van der Waals surface area contributed by atoms with Gasteiger partial charge in [-0.1, -0.05) is 95.0 Å². The van der Waals surface area contributed by atoms with Gasteiger partial charge in [-0.25, -0.2) is 0 Å². The van der Waals surface area contributed by atoms with E-state index in [1.807, 2.05) is 32.1 Å². The van der Waals surface area contributed by atoms with E-state index >= 15 is 0 Å². The van der Waals surface area contributed by atoms with Crippen LogP contribution in [0.4, 0.5) is 0 Å². The fraction of sp³-hybridized carbons (Fsp3) is 0.419. The molecule has 0 spiro atoms. The Bertz CT molecular complexity index is 1720. The number of allylic oxidation sites excluding steroid dienone is 1. The first-order valence-corrected chi connectivity index (χ1v) is 19.8. The molecule has 1 heterocycles. The molecular weight excluding hydrogens is 637 g/mol. The number of aliphatic imine (C=N–C) groups is 1. The second-order valence-corrected chi connectivity index (χ2v) is 15.1. The van der Waals surface area contributed by atoms with Crippen LogP contribution >= 0.6 is 23.1 Å². The molecule has 0 radical (unpaired) electrons. The van der Waals surface area contributed by atoms with Gasteiger partial charge in [-0.15, -0.1) is 23.1 Å². The number of rotatable bonds is 13. The van der Waals surface area contributed by atoms with Gasteiger partial charge in [0.2, 0.25) is 0 Å². The van der Waals surface area contributed by atoms with Gasteiger partial charge in [0.25, 0.3) is 0 Å². The van der Waals surface area contributed by atoms with E-state index in [9.17, 15) is 0 Å². The lowest BCUT2D eigenvalue weighted by Gasteiger charge is -2.13. The number of thiophene rings is 1. The van der Waals surface area contributed by atoms with Crippen LogP contribution in [0.25, 0.3) is 10.1 Å². The molecule has 1 aliphatic rings. The van der Waals surface area contributed by atoms with E-state index in [2.05, 4.69) is 129 Å². The van der Waals surface area contributed by atoms with Crippen molar-refractivity contribution in [3.8, 4) is 0 Å². The van der Waals surface area contributed by atoms with Gasteiger partial charge >= 0.3 is 0 Å². The van der Waals surface area contributed by atoms with E-state index in [-0.39, 0.29) is 0 Å². The SMILES string of the molecule is C1CC1.C=C(C)NCCc1csc2ccc(SC)cc12.CCCc1ccc(C)c(C(=NC/C(C)=N/N=C(/C)C(C)C)c2ccc(C)cc2)c1. The molecular formula is C43H58N4S2. The molecule has 49 heavy (non-hydrogen) atoms. The monoisotopic (exact) mass is 694 g/mol. The zero-order valence-corrected chi connectivity index (χ0v) is 33.1. The van der Waals surface area contributed by atoms with E-state index in [0.717, 1.165) is 54.2 Å². The normalized spacial score (nSPS) is 13.1. The molecule has 0 aliphatic heterocycles. The summed E-state index contributed by atoms with van der Waals surface area (Å²) in [5.41, 5.74) is 11.6. The molecule has 0 bridgehead atoms. The average molecular weight is 695 g/mol. The minimum Gasteiger partial charge on any atom is -0.389 e. The number of fused-ring (bicyclic) bond motifs is 1. The van der Waals surface area contributed by atoms with Crippen LogP contribution in [-0.4, -0.2) is 36.5 Å². The van der Waals surface area contributed by atoms with Gasteiger partial charge in [0.1, 0.15) is 0 Å². The Labute approximate surface area is 305 Å². The van der Waals surface area contributed by atoms with Crippen LogP contribution in [0.15, 0.2) is 98.4 Å². The maximum absolute atomic E-state index is 5.00. The molecule has 0 amide bonds. The van der Waals surface area contributed by atoms with Crippen LogP contribution < -0.4 is 5.32 Å². The highest BCUT2D eigenvalue weighted by Gasteiger charge is 2.12. The quantitative estimate of drug-likeness (QED) is 0.0860. The first-order valence-electron chi connectivity index (χ1n) is 17.7. The Morgan fingerprint density at radius 1 is 0.918 bits per heavy atom. The Hall–Kier alpha value is -3.48. The highest BCUT2D eigenvalue weighted by molar-refractivity contribution is 7.98. The van der Waals surface area contributed by atoms with Crippen molar-refractivity contribution in [3.05, 3.63) is 112 Å². The molecule has 3 aromatic carbocycles. The summed E-state index contributed by atoms with van der Waals surface area (Å²) in [4.78, 5) is 6.33. The molecule has 1 fully saturated rings. The summed E-state index contributed by atoms with van der Waals surface area (Å²) in [6.07, 6.45) is 9.90. The number of hydrogen-bond donors (Lipinski definition) is 1. The first kappa shape index (κ1) is 40.0. The number of hydrogen-bond acceptors (Lipinski definition) is 6. The van der Waals surface area contributed by atoms with Gasteiger partial charge in [-0.05, 0) is 111 Å². The van der Waals surface area contributed by atoms with Crippen molar-refractivity contribution < 1.29 is 0 Å². The van der Waals surface area contributed by atoms with E-state index in [1.165, 1.54) is 62.1 Å². The Kier molecular flexibility index (Phi) is 17.0. The fourth-order valence-corrected chi connectivity index (χ4v) is 6.13. The van der Waals surface area contributed by atoms with Crippen molar-refractivity contribution in [2.75, 3.05) is 19.3 Å². The van der Waals surface area contributed by atoms with E-state index in [0.29, 0.717) is 12.5 Å². The maximum Gasteiger partial charge on any atom is 0.0795 e. The van der Waals surface area contributed by atoms with Crippen LogP contribution in [0.2, 0.25) is 0 Å². The van der Waals surface area contributed by atoms with Crippen molar-refractivity contribution in [1.29, 1.82) is 0 Å². The molecule has 6 heteroatoms. The van der Waals surface area contributed by atoms with Crippen molar-refractivity contribution >= 4 is 50.3 Å². The number of thioether (sulfide) groups is 1. The molecule has 5 rings (SSSR count). The second-order valence-electron chi connectivity index (χ2n) is 13.3. The summed E-state index contributed by atoms with van der Waals surface area (Å²) in [6.45, 7) is 22.1. The van der Waals surface area contributed by atoms with Gasteiger partial charge < -0.3 is 5.32 Å². The summed E-state index contributed by atoms with van der Waals surface area (Å²) in [7, 11) is 0. The van der Waals surface area contributed by atoms with Crippen molar-refractivity contribution in [1.82, 2.24) is 5.32 Å². The molecule has 262 valence electrons. The largest absolute Gasteiger partial charge is 0.389 e. The van der Waals surface area contributed by atoms with Crippen molar-refractivity contribution in [2.45, 2.75) is 98.8 Å². The van der Waals surface area contributed by atoms with Crippen LogP contribution in [0.3, 0.4) is 0 Å². The number of aryl methyl sites for hydroxylation is 3. The predicted octanol–water partition coefficient (Wildman–Crippen LogP) is 12.0. The molecule has 0 atom stereocenters. The zero-order valence-electron chi connectivity index (χ0n) is 31.5. The van der Waals surface area contributed by atoms with Gasteiger partial charge in [0, 0.05) is 38.7 Å². The van der Waals surface area contributed by atoms with Crippen LogP contribution in [-0.2, 0) is 12.8 Å². The topological polar surface area (TPSA) is 49.1 Å². The first-order chi connectivity index (χ1) is 23.5. The van der Waals surface area contributed by atoms with Gasteiger partial charge in [-0.2, -0.15) is 10.2 Å². The summed E-state index contributed by atoms with van der Waals surface area (Å²) in [6, 6.07) is 22.1. The van der Waals surface area contributed by atoms with E-state index in [1.54, 1.807) is 11.8 Å². The van der Waals surface area contributed by atoms with Gasteiger partial charge in [0.05, 0.1) is 18.0 Å². The van der Waals surface area contributed by atoms with Crippen molar-refractivity contribution in [3.63, 3.8) is 0 Å². The van der Waals surface area contributed by atoms with E-state index in [4.69, 9.17) is 4.99 Å². The van der Waals surface area contributed by atoms with Gasteiger partial charge in [-0.3, -0.25) is 4.99 Å². The van der Waals surface area contributed by atoms with Crippen LogP contribution in [0.5, 0.6) is 0 Å². The lowest BCUT2D eigenvalue weighted by molar-refractivity contribution is 0.795. The van der Waals surface area contributed by atoms with Gasteiger partial charge in [0.15, 0.2) is 0 Å². The summed E-state index contributed by atoms with van der Waals surface area (Å²) >= 11 is 3.63. The highest BCUT2D eigenvalue weighted by atomic mass is 32.2. The fourth-order valence-electron chi connectivity index (χ4n) is 4.71. The van der Waals surface area contributed by atoms with Crippen molar-refractivity contribution in [2.24, 2.45) is 21.1 Å². The predicted molar refractivity (Wildman–Crippen MR) is 222 cm³/mol. The van der Waals surface area contributed by atoms with E-state index < -0.39 is 0 Å². The molecule has 4 nitrogen and oxygen atoms in total. The lowest BCUT2D eigenvalue weighted by Crippen LogP contribution is -2.13. The zero-order chi connectivity index (χ0) is 35.8. The molecule has 0 unspecified atom stereocenters. The molecule has 1 aromatic heterocycles. The Balaban J connectivity index is 0.000000271. The average Bonchev–Trinajstić information content (AvgIpc) is 3.93. The third-order valence-electron chi connectivity index (χ3n) is 8.14. The maximum atomic E-state index is 5.00. The minimum absolute atomic E-state index is 0.405. The summed E-state index contributed by atoms with van der Waals surface area (Å²) in [5.74, 6) is 0.405. The minimum atomic E-state index is 0.405. The molecule has 4 aromatic rings. The number of benzene rings is 3. The Morgan fingerprint density at radius 2 is 1.63 bits per heavy atom. The third-order valence-corrected chi connectivity index (χ3v) is 9.87. The molecule has 0 saturated heterocycles. The van der Waals surface area contributed by atoms with Crippen LogP contribution in [0, 0.1) is 19.8 Å². The summed E-state index contributed by atoms with van der Waals surface area (Å²) in [5, 5.41) is 15.7. The molecule has 1 saturated carbocycles. The smallest absolute Gasteiger partial charge is 0.0795 e. The summed E-state index contributed by atoms with van der Waals surface area (Å²) < 4.78 is 1.38. The third kappa shape index (κ3) is 14.1. The second kappa shape index (κ2) is 20.9. The molecule has 1 aliphatic carbocycles. The highest BCUT2D eigenvalue weighted by Crippen LogP contribution is 2.30. The number of nitrogens with one attached hydrogen (secondary N) is 1. The number of nitrogens with zero attached hydrogens (tertiary/aromatic N) is 3. The molecule has 1 N–H and O–H groups in total. The van der Waals surface area contributed by atoms with Crippen LogP contribution in [0.1, 0.15) is 101 Å². The standard InChI is InChI=1S/C26H35N3.C14H17NS2.C3H6/c1-8-9-23-13-12-20(5)25(16-23)26(24-14-10-19(4)11-15-24)27-17-21(6)28-29-22(7)18(2)3;1-10(2)15-7-6-11-9-17-14-5-4-12(16-3)8-13(11)14;1-2-3-1/h10-16,18H,8-9,17H2,1-7H3;4-5,8-9,15H,1,6-7H2,2-3H3;1-3H2/b27-26?,28-21+,29-22-;;.